The average Bonchev–Trinajstić information content (AvgIpc) is 2.19. The zero-order valence-corrected chi connectivity index (χ0v) is 8.49. The number of nitrogens with two attached hydrogens (primary N) is 1. The summed E-state index contributed by atoms with van der Waals surface area (Å²) in [5.74, 6) is 0. The van der Waals surface area contributed by atoms with Gasteiger partial charge in [0, 0.05) is 24.5 Å². The molecule has 0 aromatic heterocycles. The maximum absolute atomic E-state index is 5.71. The molecule has 1 saturated heterocycles. The lowest BCUT2D eigenvalue weighted by Gasteiger charge is -2.30. The standard InChI is InChI=1S/C11H16N2O/c1-9-8-10(12)2-3-11(9)13-4-6-14-7-5-13/h2-3,8H,4-7,12H2,1H3. The molecular weight excluding hydrogens is 176 g/mol. The van der Waals surface area contributed by atoms with Crippen LogP contribution in [-0.4, -0.2) is 26.3 Å². The van der Waals surface area contributed by atoms with Crippen molar-refractivity contribution in [3.05, 3.63) is 23.8 Å². The molecule has 1 heterocycles. The van der Waals surface area contributed by atoms with Gasteiger partial charge in [-0.1, -0.05) is 0 Å². The van der Waals surface area contributed by atoms with Crippen LogP contribution in [0.1, 0.15) is 5.56 Å². The Bertz CT molecular complexity index is 319. The molecule has 3 nitrogen and oxygen atoms in total. The number of rotatable bonds is 1. The van der Waals surface area contributed by atoms with Gasteiger partial charge < -0.3 is 15.4 Å². The predicted octanol–water partition coefficient (Wildman–Crippen LogP) is 1.41. The van der Waals surface area contributed by atoms with E-state index in [1.165, 1.54) is 11.3 Å². The molecule has 1 fully saturated rings. The third kappa shape index (κ3) is 1.82. The smallest absolute Gasteiger partial charge is 0.0642 e. The van der Waals surface area contributed by atoms with Crippen LogP contribution in [0.5, 0.6) is 0 Å². The van der Waals surface area contributed by atoms with E-state index in [-0.39, 0.29) is 0 Å². The molecule has 0 spiro atoms. The Morgan fingerprint density at radius 3 is 2.64 bits per heavy atom. The minimum Gasteiger partial charge on any atom is -0.399 e. The lowest BCUT2D eigenvalue weighted by Crippen LogP contribution is -2.36. The van der Waals surface area contributed by atoms with Crippen molar-refractivity contribution >= 4 is 11.4 Å². The van der Waals surface area contributed by atoms with Crippen LogP contribution >= 0.6 is 0 Å². The average molecular weight is 192 g/mol. The maximum atomic E-state index is 5.71. The second-order valence-electron chi connectivity index (χ2n) is 3.65. The van der Waals surface area contributed by atoms with E-state index in [0.717, 1.165) is 32.0 Å². The Kier molecular flexibility index (Phi) is 2.59. The molecule has 1 aliphatic heterocycles. The summed E-state index contributed by atoms with van der Waals surface area (Å²) in [6, 6.07) is 6.07. The van der Waals surface area contributed by atoms with Gasteiger partial charge in [-0.15, -0.1) is 0 Å². The first-order valence-corrected chi connectivity index (χ1v) is 4.96. The summed E-state index contributed by atoms with van der Waals surface area (Å²) in [5, 5.41) is 0. The molecule has 0 radical (unpaired) electrons. The highest BCUT2D eigenvalue weighted by Gasteiger charge is 2.12. The van der Waals surface area contributed by atoms with E-state index in [9.17, 15) is 0 Å². The number of hydrogen-bond donors (Lipinski definition) is 1. The van der Waals surface area contributed by atoms with E-state index in [1.54, 1.807) is 0 Å². The summed E-state index contributed by atoms with van der Waals surface area (Å²) in [6.45, 7) is 5.70. The lowest BCUT2D eigenvalue weighted by molar-refractivity contribution is 0.122. The van der Waals surface area contributed by atoms with Gasteiger partial charge in [-0.05, 0) is 30.7 Å². The first-order valence-electron chi connectivity index (χ1n) is 4.96. The molecule has 0 unspecified atom stereocenters. The molecule has 76 valence electrons. The Morgan fingerprint density at radius 2 is 2.00 bits per heavy atom. The highest BCUT2D eigenvalue weighted by Crippen LogP contribution is 2.22. The Hall–Kier alpha value is -1.22. The lowest BCUT2D eigenvalue weighted by atomic mass is 10.1. The minimum atomic E-state index is 0.823. The predicted molar refractivity (Wildman–Crippen MR) is 58.6 cm³/mol. The van der Waals surface area contributed by atoms with Crippen molar-refractivity contribution in [3.8, 4) is 0 Å². The van der Waals surface area contributed by atoms with Gasteiger partial charge in [-0.25, -0.2) is 0 Å². The van der Waals surface area contributed by atoms with Crippen molar-refractivity contribution in [2.75, 3.05) is 36.9 Å². The van der Waals surface area contributed by atoms with E-state index in [1.807, 2.05) is 12.1 Å². The van der Waals surface area contributed by atoms with Gasteiger partial charge in [0.05, 0.1) is 13.2 Å². The normalized spacial score (nSPS) is 17.1. The summed E-state index contributed by atoms with van der Waals surface area (Å²) in [7, 11) is 0. The summed E-state index contributed by atoms with van der Waals surface area (Å²) in [5.41, 5.74) is 9.07. The zero-order valence-electron chi connectivity index (χ0n) is 8.49. The van der Waals surface area contributed by atoms with Crippen LogP contribution in [-0.2, 0) is 4.74 Å². The van der Waals surface area contributed by atoms with Crippen molar-refractivity contribution in [2.45, 2.75) is 6.92 Å². The van der Waals surface area contributed by atoms with Crippen LogP contribution in [0, 0.1) is 6.92 Å². The van der Waals surface area contributed by atoms with Gasteiger partial charge in [-0.3, -0.25) is 0 Å². The zero-order chi connectivity index (χ0) is 9.97. The molecule has 0 bridgehead atoms. The molecule has 14 heavy (non-hydrogen) atoms. The number of hydrogen-bond acceptors (Lipinski definition) is 3. The summed E-state index contributed by atoms with van der Waals surface area (Å²) in [4.78, 5) is 2.35. The maximum Gasteiger partial charge on any atom is 0.0642 e. The van der Waals surface area contributed by atoms with Crippen LogP contribution < -0.4 is 10.6 Å². The van der Waals surface area contributed by atoms with Crippen LogP contribution in [0.4, 0.5) is 11.4 Å². The van der Waals surface area contributed by atoms with E-state index < -0.39 is 0 Å². The molecule has 2 N–H and O–H groups in total. The topological polar surface area (TPSA) is 38.5 Å². The molecule has 1 aromatic carbocycles. The van der Waals surface area contributed by atoms with Crippen molar-refractivity contribution in [1.29, 1.82) is 0 Å². The quantitative estimate of drug-likeness (QED) is 0.684. The fourth-order valence-electron chi connectivity index (χ4n) is 1.84. The first-order chi connectivity index (χ1) is 6.77. The van der Waals surface area contributed by atoms with Gasteiger partial charge in [0.15, 0.2) is 0 Å². The van der Waals surface area contributed by atoms with Gasteiger partial charge in [-0.2, -0.15) is 0 Å². The number of anilines is 2. The fourth-order valence-corrected chi connectivity index (χ4v) is 1.84. The summed E-state index contributed by atoms with van der Waals surface area (Å²) >= 11 is 0. The van der Waals surface area contributed by atoms with Gasteiger partial charge in [0.25, 0.3) is 0 Å². The van der Waals surface area contributed by atoms with E-state index in [4.69, 9.17) is 10.5 Å². The van der Waals surface area contributed by atoms with Crippen molar-refractivity contribution in [3.63, 3.8) is 0 Å². The van der Waals surface area contributed by atoms with E-state index in [0.29, 0.717) is 0 Å². The summed E-state index contributed by atoms with van der Waals surface area (Å²) < 4.78 is 5.32. The second kappa shape index (κ2) is 3.88. The van der Waals surface area contributed by atoms with Gasteiger partial charge >= 0.3 is 0 Å². The SMILES string of the molecule is Cc1cc(N)ccc1N1CCOCC1. The third-order valence-corrected chi connectivity index (χ3v) is 2.57. The second-order valence-corrected chi connectivity index (χ2v) is 3.65. The number of nitrogen functional groups attached to an aromatic ring is 1. The number of ether oxygens (including phenoxy) is 1. The van der Waals surface area contributed by atoms with E-state index >= 15 is 0 Å². The number of aryl methyl sites for hydroxylation is 1. The molecule has 0 aliphatic carbocycles. The van der Waals surface area contributed by atoms with Crippen molar-refractivity contribution < 1.29 is 4.74 Å². The van der Waals surface area contributed by atoms with Crippen LogP contribution in [0.25, 0.3) is 0 Å². The van der Waals surface area contributed by atoms with Crippen LogP contribution in [0.2, 0.25) is 0 Å². The first kappa shape index (κ1) is 9.34. The highest BCUT2D eigenvalue weighted by molar-refractivity contribution is 5.59. The summed E-state index contributed by atoms with van der Waals surface area (Å²) in [6.07, 6.45) is 0. The van der Waals surface area contributed by atoms with Crippen LogP contribution in [0.3, 0.4) is 0 Å². The van der Waals surface area contributed by atoms with Crippen molar-refractivity contribution in [1.82, 2.24) is 0 Å². The monoisotopic (exact) mass is 192 g/mol. The number of morpholine rings is 1. The highest BCUT2D eigenvalue weighted by atomic mass is 16.5. The fraction of sp³-hybridized carbons (Fsp3) is 0.455. The molecule has 2 rings (SSSR count). The van der Waals surface area contributed by atoms with E-state index in [2.05, 4.69) is 17.9 Å². The molecule has 1 aliphatic rings. The van der Waals surface area contributed by atoms with Crippen molar-refractivity contribution in [2.24, 2.45) is 0 Å². The minimum absolute atomic E-state index is 0.823. The molecule has 0 atom stereocenters. The largest absolute Gasteiger partial charge is 0.399 e. The number of benzene rings is 1. The van der Waals surface area contributed by atoms with Gasteiger partial charge in [0.2, 0.25) is 0 Å². The third-order valence-electron chi connectivity index (χ3n) is 2.57. The molecule has 0 amide bonds. The van der Waals surface area contributed by atoms with Crippen LogP contribution in [0.15, 0.2) is 18.2 Å². The Labute approximate surface area is 84.5 Å². The molecular formula is C11H16N2O. The number of nitrogens with zero attached hydrogens (tertiary/aromatic N) is 1. The van der Waals surface area contributed by atoms with Gasteiger partial charge in [0.1, 0.15) is 0 Å². The Morgan fingerprint density at radius 1 is 1.29 bits per heavy atom. The molecule has 3 heteroatoms. The Balaban J connectivity index is 2.22. The molecule has 1 aromatic rings. The molecule has 0 saturated carbocycles.